The van der Waals surface area contributed by atoms with E-state index in [-0.39, 0.29) is 12.1 Å². The van der Waals surface area contributed by atoms with Crippen molar-refractivity contribution in [2.45, 2.75) is 43.7 Å². The highest BCUT2D eigenvalue weighted by Crippen LogP contribution is 2.34. The second-order valence-corrected chi connectivity index (χ2v) is 5.91. The quantitative estimate of drug-likeness (QED) is 0.834. The molecule has 2 atom stereocenters. The van der Waals surface area contributed by atoms with Crippen molar-refractivity contribution in [1.29, 1.82) is 0 Å². The number of fused-ring (bicyclic) bond motifs is 2. The molecule has 7 nitrogen and oxygen atoms in total. The van der Waals surface area contributed by atoms with Gasteiger partial charge in [0.25, 0.3) is 0 Å². The van der Waals surface area contributed by atoms with Crippen LogP contribution in [0, 0.1) is 0 Å². The number of aromatic nitrogens is 2. The Hall–Kier alpha value is -1.63. The Morgan fingerprint density at radius 2 is 2.05 bits per heavy atom. The molecule has 0 aliphatic carbocycles. The van der Waals surface area contributed by atoms with E-state index in [1.54, 1.807) is 0 Å². The molecular weight excluding hydrogens is 258 g/mol. The average molecular weight is 277 g/mol. The first-order valence-corrected chi connectivity index (χ1v) is 7.42. The molecule has 3 aliphatic heterocycles. The molecule has 2 amide bonds. The molecule has 2 bridgehead atoms. The third-order valence-electron chi connectivity index (χ3n) is 4.61. The van der Waals surface area contributed by atoms with Gasteiger partial charge in [0.15, 0.2) is 5.82 Å². The normalized spacial score (nSPS) is 30.6. The maximum Gasteiger partial charge on any atom is 0.318 e. The van der Waals surface area contributed by atoms with Crippen LogP contribution in [0.4, 0.5) is 4.79 Å². The van der Waals surface area contributed by atoms with Crippen molar-refractivity contribution < 1.29 is 9.32 Å². The number of carbonyl (C=O) groups excluding carboxylic acids is 1. The van der Waals surface area contributed by atoms with Crippen molar-refractivity contribution in [3.05, 3.63) is 11.7 Å². The van der Waals surface area contributed by atoms with Gasteiger partial charge in [0, 0.05) is 18.5 Å². The van der Waals surface area contributed by atoms with Gasteiger partial charge in [-0.2, -0.15) is 4.98 Å². The van der Waals surface area contributed by atoms with Crippen LogP contribution in [-0.4, -0.2) is 46.7 Å². The van der Waals surface area contributed by atoms with E-state index < -0.39 is 0 Å². The summed E-state index contributed by atoms with van der Waals surface area (Å²) in [4.78, 5) is 18.3. The zero-order valence-corrected chi connectivity index (χ0v) is 11.3. The molecule has 108 valence electrons. The van der Waals surface area contributed by atoms with Crippen molar-refractivity contribution in [1.82, 2.24) is 25.7 Å². The molecule has 1 aromatic heterocycles. The Balaban J connectivity index is 1.54. The van der Waals surface area contributed by atoms with Gasteiger partial charge >= 0.3 is 6.03 Å². The lowest BCUT2D eigenvalue weighted by molar-refractivity contribution is 0.178. The topological polar surface area (TPSA) is 83.3 Å². The number of amides is 2. The van der Waals surface area contributed by atoms with Crippen LogP contribution in [0.15, 0.2) is 4.52 Å². The van der Waals surface area contributed by atoms with Crippen molar-refractivity contribution in [2.24, 2.45) is 0 Å². The molecule has 0 radical (unpaired) electrons. The van der Waals surface area contributed by atoms with Gasteiger partial charge in [0.05, 0.1) is 6.04 Å². The summed E-state index contributed by atoms with van der Waals surface area (Å²) in [6.45, 7) is 2.77. The van der Waals surface area contributed by atoms with Crippen molar-refractivity contribution in [3.8, 4) is 0 Å². The van der Waals surface area contributed by atoms with E-state index in [9.17, 15) is 4.79 Å². The number of hydrogen-bond donors (Lipinski definition) is 2. The molecule has 0 saturated carbocycles. The maximum absolute atomic E-state index is 11.9. The largest absolute Gasteiger partial charge is 0.339 e. The fraction of sp³-hybridized carbons (Fsp3) is 0.769. The van der Waals surface area contributed by atoms with Gasteiger partial charge in [-0.05, 0) is 38.8 Å². The molecular formula is C13H19N5O2. The predicted molar refractivity (Wildman–Crippen MR) is 70.1 cm³/mol. The van der Waals surface area contributed by atoms with Gasteiger partial charge in [-0.3, -0.25) is 0 Å². The van der Waals surface area contributed by atoms with E-state index in [1.165, 1.54) is 0 Å². The number of hydrogen-bond acceptors (Lipinski definition) is 5. The van der Waals surface area contributed by atoms with Gasteiger partial charge in [0.1, 0.15) is 0 Å². The summed E-state index contributed by atoms with van der Waals surface area (Å²) < 4.78 is 5.45. The van der Waals surface area contributed by atoms with Crippen molar-refractivity contribution in [2.75, 3.05) is 19.6 Å². The lowest BCUT2D eigenvalue weighted by Gasteiger charge is -2.28. The fourth-order valence-electron chi connectivity index (χ4n) is 3.46. The first-order valence-electron chi connectivity index (χ1n) is 7.42. The number of urea groups is 1. The molecule has 1 aromatic rings. The smallest absolute Gasteiger partial charge is 0.318 e. The molecule has 2 N–H and O–H groups in total. The molecule has 3 aliphatic rings. The Morgan fingerprint density at radius 3 is 2.90 bits per heavy atom. The second-order valence-electron chi connectivity index (χ2n) is 5.91. The van der Waals surface area contributed by atoms with Gasteiger partial charge in [0.2, 0.25) is 5.89 Å². The molecule has 3 saturated heterocycles. The van der Waals surface area contributed by atoms with E-state index >= 15 is 0 Å². The zero-order valence-electron chi connectivity index (χ0n) is 11.3. The SMILES string of the molecule is O=C1NC2CCC(c3noc(C4CCNCC4)n3)N1C2. The molecule has 7 heteroatoms. The summed E-state index contributed by atoms with van der Waals surface area (Å²) in [5.41, 5.74) is 0. The Kier molecular flexibility index (Phi) is 2.87. The molecule has 20 heavy (non-hydrogen) atoms. The lowest BCUT2D eigenvalue weighted by Crippen LogP contribution is -2.34. The van der Waals surface area contributed by atoms with E-state index in [1.807, 2.05) is 4.90 Å². The summed E-state index contributed by atoms with van der Waals surface area (Å²) >= 11 is 0. The second kappa shape index (κ2) is 4.73. The van der Waals surface area contributed by atoms with Crippen LogP contribution < -0.4 is 10.6 Å². The first kappa shape index (κ1) is 12.1. The van der Waals surface area contributed by atoms with Crippen molar-refractivity contribution >= 4 is 6.03 Å². The van der Waals surface area contributed by atoms with Crippen LogP contribution in [0.3, 0.4) is 0 Å². The predicted octanol–water partition coefficient (Wildman–Crippen LogP) is 0.765. The van der Waals surface area contributed by atoms with E-state index in [2.05, 4.69) is 20.8 Å². The summed E-state index contributed by atoms with van der Waals surface area (Å²) in [6.07, 6.45) is 3.98. The first-order chi connectivity index (χ1) is 9.81. The minimum Gasteiger partial charge on any atom is -0.339 e. The van der Waals surface area contributed by atoms with Gasteiger partial charge < -0.3 is 20.1 Å². The van der Waals surface area contributed by atoms with Crippen LogP contribution in [0.1, 0.15) is 49.4 Å². The van der Waals surface area contributed by atoms with Crippen LogP contribution in [0.5, 0.6) is 0 Å². The van der Waals surface area contributed by atoms with Crippen molar-refractivity contribution in [3.63, 3.8) is 0 Å². The number of carbonyl (C=O) groups is 1. The third-order valence-corrected chi connectivity index (χ3v) is 4.61. The number of nitrogens with zero attached hydrogens (tertiary/aromatic N) is 3. The minimum absolute atomic E-state index is 0.00529. The standard InChI is InChI=1S/C13H19N5O2/c19-13-15-9-1-2-10(18(13)7-9)11-16-12(20-17-11)8-3-5-14-6-4-8/h8-10,14H,1-7H2,(H,15,19). The van der Waals surface area contributed by atoms with Gasteiger partial charge in [-0.1, -0.05) is 5.16 Å². The van der Waals surface area contributed by atoms with Gasteiger partial charge in [-0.15, -0.1) is 0 Å². The average Bonchev–Trinajstić information content (AvgIpc) is 3.07. The van der Waals surface area contributed by atoms with Gasteiger partial charge in [-0.25, -0.2) is 4.79 Å². The molecule has 4 rings (SSSR count). The highest BCUT2D eigenvalue weighted by atomic mass is 16.5. The molecule has 3 fully saturated rings. The number of piperidine rings is 2. The molecule has 4 heterocycles. The Bertz CT molecular complexity index is 511. The summed E-state index contributed by atoms with van der Waals surface area (Å²) in [6, 6.07) is 0.285. The lowest BCUT2D eigenvalue weighted by atomic mass is 9.98. The summed E-state index contributed by atoms with van der Waals surface area (Å²) in [5, 5.41) is 10.4. The van der Waals surface area contributed by atoms with Crippen LogP contribution in [0.25, 0.3) is 0 Å². The summed E-state index contributed by atoms with van der Waals surface area (Å²) in [7, 11) is 0. The Labute approximate surface area is 117 Å². The van der Waals surface area contributed by atoms with Crippen LogP contribution in [0.2, 0.25) is 0 Å². The van der Waals surface area contributed by atoms with Crippen LogP contribution >= 0.6 is 0 Å². The summed E-state index contributed by atoms with van der Waals surface area (Å²) in [5.74, 6) is 1.78. The minimum atomic E-state index is -0.0204. The number of rotatable bonds is 2. The number of nitrogens with one attached hydrogen (secondary N) is 2. The fourth-order valence-corrected chi connectivity index (χ4v) is 3.46. The Morgan fingerprint density at radius 1 is 1.20 bits per heavy atom. The van der Waals surface area contributed by atoms with E-state index in [0.717, 1.165) is 51.2 Å². The molecule has 2 unspecified atom stereocenters. The molecule has 0 spiro atoms. The zero-order chi connectivity index (χ0) is 13.5. The van der Waals surface area contributed by atoms with Crippen LogP contribution in [-0.2, 0) is 0 Å². The maximum atomic E-state index is 11.9. The monoisotopic (exact) mass is 277 g/mol. The third kappa shape index (κ3) is 1.96. The van der Waals surface area contributed by atoms with E-state index in [0.29, 0.717) is 17.8 Å². The highest BCUT2D eigenvalue weighted by molar-refractivity contribution is 5.77. The highest BCUT2D eigenvalue weighted by Gasteiger charge is 2.41. The molecule has 0 aromatic carbocycles. The van der Waals surface area contributed by atoms with E-state index in [4.69, 9.17) is 4.52 Å².